The van der Waals surface area contributed by atoms with E-state index in [0.717, 1.165) is 35.4 Å². The lowest BCUT2D eigenvalue weighted by Gasteiger charge is -2.37. The Balaban J connectivity index is 1.74. The van der Waals surface area contributed by atoms with Crippen molar-refractivity contribution in [3.63, 3.8) is 0 Å². The van der Waals surface area contributed by atoms with E-state index in [2.05, 4.69) is 71.9 Å². The molecule has 2 aromatic carbocycles. The molecule has 4 rings (SSSR count). The SMILES string of the molecule is COCCCN1C(=S)NC(c2ccc(C)cc2)C(c2nc(-c3ccc(SC)cc3)no2)=C1C. The average Bonchev–Trinajstić information content (AvgIpc) is 3.31. The Morgan fingerprint density at radius 2 is 1.85 bits per heavy atom. The van der Waals surface area contributed by atoms with Gasteiger partial charge in [0.1, 0.15) is 0 Å². The molecular formula is C25H28N4O2S2. The van der Waals surface area contributed by atoms with E-state index in [0.29, 0.717) is 23.4 Å². The van der Waals surface area contributed by atoms with Crippen molar-refractivity contribution in [3.8, 4) is 11.4 Å². The second-order valence-electron chi connectivity index (χ2n) is 7.94. The number of hydrogen-bond donors (Lipinski definition) is 1. The van der Waals surface area contributed by atoms with E-state index >= 15 is 0 Å². The number of ether oxygens (including phenoxy) is 1. The second-order valence-corrected chi connectivity index (χ2v) is 9.21. The van der Waals surface area contributed by atoms with Crippen LogP contribution < -0.4 is 5.32 Å². The van der Waals surface area contributed by atoms with Crippen LogP contribution in [0.2, 0.25) is 0 Å². The van der Waals surface area contributed by atoms with Gasteiger partial charge >= 0.3 is 0 Å². The zero-order chi connectivity index (χ0) is 23.4. The molecule has 0 spiro atoms. The molecule has 1 unspecified atom stereocenters. The summed E-state index contributed by atoms with van der Waals surface area (Å²) >= 11 is 7.44. The van der Waals surface area contributed by atoms with E-state index in [9.17, 15) is 0 Å². The maximum absolute atomic E-state index is 5.81. The van der Waals surface area contributed by atoms with Gasteiger partial charge in [0.25, 0.3) is 5.89 Å². The van der Waals surface area contributed by atoms with Gasteiger partial charge in [0, 0.05) is 36.4 Å². The van der Waals surface area contributed by atoms with E-state index < -0.39 is 0 Å². The monoisotopic (exact) mass is 480 g/mol. The number of aryl methyl sites for hydroxylation is 1. The molecule has 172 valence electrons. The zero-order valence-corrected chi connectivity index (χ0v) is 20.9. The second kappa shape index (κ2) is 10.5. The van der Waals surface area contributed by atoms with Crippen LogP contribution in [0.1, 0.15) is 36.4 Å². The molecule has 6 nitrogen and oxygen atoms in total. The molecule has 1 aromatic heterocycles. The fourth-order valence-electron chi connectivity index (χ4n) is 3.89. The summed E-state index contributed by atoms with van der Waals surface area (Å²) < 4.78 is 11.0. The van der Waals surface area contributed by atoms with Crippen LogP contribution in [0.5, 0.6) is 0 Å². The number of thiocarbonyl (C=S) groups is 1. The minimum Gasteiger partial charge on any atom is -0.385 e. The highest BCUT2D eigenvalue weighted by Gasteiger charge is 2.33. The van der Waals surface area contributed by atoms with Crippen molar-refractivity contribution in [1.82, 2.24) is 20.4 Å². The van der Waals surface area contributed by atoms with Crippen molar-refractivity contribution in [3.05, 3.63) is 71.2 Å². The van der Waals surface area contributed by atoms with E-state index in [1.54, 1.807) is 18.9 Å². The smallest absolute Gasteiger partial charge is 0.258 e. The van der Waals surface area contributed by atoms with E-state index in [-0.39, 0.29) is 6.04 Å². The molecule has 1 aliphatic rings. The van der Waals surface area contributed by atoms with Crippen LogP contribution in [-0.2, 0) is 4.74 Å². The van der Waals surface area contributed by atoms with Crippen LogP contribution in [0.15, 0.2) is 63.6 Å². The van der Waals surface area contributed by atoms with Crippen molar-refractivity contribution in [2.75, 3.05) is 26.5 Å². The Hall–Kier alpha value is -2.68. The fourth-order valence-corrected chi connectivity index (χ4v) is 4.65. The van der Waals surface area contributed by atoms with E-state index in [1.807, 2.05) is 12.1 Å². The molecule has 0 saturated heterocycles. The van der Waals surface area contributed by atoms with E-state index in [4.69, 9.17) is 26.5 Å². The number of thioether (sulfide) groups is 1. The van der Waals surface area contributed by atoms with Crippen molar-refractivity contribution < 1.29 is 9.26 Å². The summed E-state index contributed by atoms with van der Waals surface area (Å²) in [7, 11) is 1.71. The quantitative estimate of drug-likeness (QED) is 0.259. The number of benzene rings is 2. The third-order valence-electron chi connectivity index (χ3n) is 5.74. The van der Waals surface area contributed by atoms with Gasteiger partial charge in [-0.25, -0.2) is 0 Å². The molecule has 0 amide bonds. The number of nitrogens with zero attached hydrogens (tertiary/aromatic N) is 3. The lowest BCUT2D eigenvalue weighted by molar-refractivity contribution is 0.188. The van der Waals surface area contributed by atoms with Crippen molar-refractivity contribution in [2.45, 2.75) is 31.2 Å². The summed E-state index contributed by atoms with van der Waals surface area (Å²) in [4.78, 5) is 8.06. The molecule has 1 aliphatic heterocycles. The predicted molar refractivity (Wildman–Crippen MR) is 137 cm³/mol. The molecule has 0 fully saturated rings. The number of rotatable bonds is 8. The average molecular weight is 481 g/mol. The molecule has 1 N–H and O–H groups in total. The van der Waals surface area contributed by atoms with Crippen molar-refractivity contribution >= 4 is 34.7 Å². The number of aromatic nitrogens is 2. The highest BCUT2D eigenvalue weighted by molar-refractivity contribution is 7.98. The van der Waals surface area contributed by atoms with Crippen LogP contribution in [0, 0.1) is 6.92 Å². The summed E-state index contributed by atoms with van der Waals surface area (Å²) in [6.45, 7) is 5.55. The van der Waals surface area contributed by atoms with Gasteiger partial charge in [0.2, 0.25) is 5.82 Å². The Labute approximate surface area is 204 Å². The van der Waals surface area contributed by atoms with Gasteiger partial charge in [-0.05, 0) is 68.6 Å². The molecule has 2 heterocycles. The molecule has 1 atom stereocenters. The fraction of sp³-hybridized carbons (Fsp3) is 0.320. The number of hydrogen-bond acceptors (Lipinski definition) is 6. The summed E-state index contributed by atoms with van der Waals surface area (Å²) in [5.41, 5.74) is 5.16. The maximum atomic E-state index is 5.81. The van der Waals surface area contributed by atoms with Crippen molar-refractivity contribution in [1.29, 1.82) is 0 Å². The Kier molecular flexibility index (Phi) is 7.47. The van der Waals surface area contributed by atoms with Gasteiger partial charge in [0.15, 0.2) is 5.11 Å². The van der Waals surface area contributed by atoms with Crippen LogP contribution in [0.25, 0.3) is 17.0 Å². The van der Waals surface area contributed by atoms with Gasteiger partial charge in [-0.2, -0.15) is 4.98 Å². The largest absolute Gasteiger partial charge is 0.385 e. The molecule has 0 radical (unpaired) electrons. The highest BCUT2D eigenvalue weighted by atomic mass is 32.2. The Morgan fingerprint density at radius 3 is 2.52 bits per heavy atom. The van der Waals surface area contributed by atoms with Gasteiger partial charge < -0.3 is 19.5 Å². The first-order valence-electron chi connectivity index (χ1n) is 10.8. The summed E-state index contributed by atoms with van der Waals surface area (Å²) in [6, 6.07) is 16.4. The summed E-state index contributed by atoms with van der Waals surface area (Å²) in [6.07, 6.45) is 2.91. The lowest BCUT2D eigenvalue weighted by Crippen LogP contribution is -2.46. The minimum atomic E-state index is -0.177. The van der Waals surface area contributed by atoms with Crippen molar-refractivity contribution in [2.24, 2.45) is 0 Å². The Bertz CT molecular complexity index is 1140. The van der Waals surface area contributed by atoms with Crippen LogP contribution >= 0.6 is 24.0 Å². The normalized spacial score (nSPS) is 16.3. The number of nitrogens with one attached hydrogen (secondary N) is 1. The maximum Gasteiger partial charge on any atom is 0.258 e. The van der Waals surface area contributed by atoms with Crippen LogP contribution in [0.3, 0.4) is 0 Å². The van der Waals surface area contributed by atoms with Gasteiger partial charge in [-0.15, -0.1) is 11.8 Å². The zero-order valence-electron chi connectivity index (χ0n) is 19.3. The third-order valence-corrected chi connectivity index (χ3v) is 6.82. The topological polar surface area (TPSA) is 63.4 Å². The lowest BCUT2D eigenvalue weighted by atomic mass is 9.94. The van der Waals surface area contributed by atoms with Gasteiger partial charge in [-0.3, -0.25) is 0 Å². The summed E-state index contributed by atoms with van der Waals surface area (Å²) in [5, 5.41) is 8.47. The molecule has 0 aliphatic carbocycles. The molecule has 0 bridgehead atoms. The molecule has 33 heavy (non-hydrogen) atoms. The number of allylic oxidation sites excluding steroid dienone is 1. The summed E-state index contributed by atoms with van der Waals surface area (Å²) in [5.74, 6) is 1.06. The first kappa shape index (κ1) is 23.5. The molecule has 8 heteroatoms. The standard InChI is InChI=1S/C25H28N4O2S2/c1-16-6-8-18(9-7-16)22-21(17(2)29(25(32)26-22)14-5-15-30-3)24-27-23(28-31-24)19-10-12-20(33-4)13-11-19/h6-13,22H,5,14-15H2,1-4H3,(H,26,32). The van der Waals surface area contributed by atoms with E-state index in [1.165, 1.54) is 10.5 Å². The van der Waals surface area contributed by atoms with Gasteiger partial charge in [0.05, 0.1) is 11.6 Å². The van der Waals surface area contributed by atoms with Gasteiger partial charge in [-0.1, -0.05) is 35.0 Å². The minimum absolute atomic E-state index is 0.177. The third kappa shape index (κ3) is 5.13. The Morgan fingerprint density at radius 1 is 1.12 bits per heavy atom. The highest BCUT2D eigenvalue weighted by Crippen LogP contribution is 2.37. The predicted octanol–water partition coefficient (Wildman–Crippen LogP) is 5.47. The molecular weight excluding hydrogens is 452 g/mol. The number of methoxy groups -OCH3 is 1. The molecule has 0 saturated carbocycles. The molecule has 3 aromatic rings. The first-order chi connectivity index (χ1) is 16.0. The first-order valence-corrected chi connectivity index (χ1v) is 12.5. The van der Waals surface area contributed by atoms with Crippen LogP contribution in [0.4, 0.5) is 0 Å². The van der Waals surface area contributed by atoms with Crippen LogP contribution in [-0.4, -0.2) is 46.7 Å².